The summed E-state index contributed by atoms with van der Waals surface area (Å²) in [5.41, 5.74) is 4.86. The molecule has 7 nitrogen and oxygen atoms in total. The third-order valence-electron chi connectivity index (χ3n) is 5.78. The summed E-state index contributed by atoms with van der Waals surface area (Å²) >= 11 is 0. The molecule has 0 amide bonds. The van der Waals surface area contributed by atoms with E-state index in [0.29, 0.717) is 25.4 Å². The Morgan fingerprint density at radius 1 is 0.939 bits per heavy atom. The fourth-order valence-electron chi connectivity index (χ4n) is 3.88. The van der Waals surface area contributed by atoms with Crippen LogP contribution in [0.5, 0.6) is 5.75 Å². The van der Waals surface area contributed by atoms with Crippen molar-refractivity contribution < 1.29 is 13.2 Å². The predicted octanol–water partition coefficient (Wildman–Crippen LogP) is 3.90. The topological polar surface area (TPSA) is 77.3 Å². The van der Waals surface area contributed by atoms with Crippen LogP contribution in [-0.2, 0) is 29.6 Å². The Balaban J connectivity index is 1.27. The molecular formula is C25H24N4O3S. The van der Waals surface area contributed by atoms with Crippen LogP contribution < -0.4 is 4.74 Å². The largest absolute Gasteiger partial charge is 0.487 e. The quantitative estimate of drug-likeness (QED) is 0.436. The van der Waals surface area contributed by atoms with Gasteiger partial charge in [-0.25, -0.2) is 13.1 Å². The number of ether oxygens (including phenoxy) is 1. The molecular weight excluding hydrogens is 436 g/mol. The van der Waals surface area contributed by atoms with Crippen LogP contribution in [0.15, 0.2) is 83.9 Å². The summed E-state index contributed by atoms with van der Waals surface area (Å²) in [6.45, 7) is 3.20. The molecule has 0 spiro atoms. The minimum absolute atomic E-state index is 0.272. The monoisotopic (exact) mass is 460 g/mol. The van der Waals surface area contributed by atoms with Gasteiger partial charge in [0, 0.05) is 13.1 Å². The molecule has 0 N–H and O–H groups in total. The Kier molecular flexibility index (Phi) is 5.70. The molecule has 0 aliphatic carbocycles. The molecule has 0 unspecified atom stereocenters. The van der Waals surface area contributed by atoms with Gasteiger partial charge in [0.15, 0.2) is 0 Å². The van der Waals surface area contributed by atoms with Crippen LogP contribution in [-0.4, -0.2) is 34.3 Å². The van der Waals surface area contributed by atoms with Crippen molar-refractivity contribution in [1.29, 1.82) is 0 Å². The van der Waals surface area contributed by atoms with Crippen LogP contribution in [0.25, 0.3) is 5.69 Å². The summed E-state index contributed by atoms with van der Waals surface area (Å²) in [6, 6.07) is 22.5. The zero-order valence-corrected chi connectivity index (χ0v) is 19.1. The van der Waals surface area contributed by atoms with Gasteiger partial charge in [-0.1, -0.05) is 47.2 Å². The molecule has 0 fully saturated rings. The summed E-state index contributed by atoms with van der Waals surface area (Å²) in [6.07, 6.45) is 2.50. The van der Waals surface area contributed by atoms with E-state index < -0.39 is 10.0 Å². The van der Waals surface area contributed by atoms with Crippen molar-refractivity contribution in [2.24, 2.45) is 0 Å². The third kappa shape index (κ3) is 4.53. The van der Waals surface area contributed by atoms with Gasteiger partial charge >= 0.3 is 0 Å². The summed E-state index contributed by atoms with van der Waals surface area (Å²) in [7, 11) is -3.57. The molecule has 1 aliphatic rings. The number of rotatable bonds is 6. The van der Waals surface area contributed by atoms with E-state index in [-0.39, 0.29) is 4.90 Å². The molecule has 1 aromatic heterocycles. The van der Waals surface area contributed by atoms with E-state index in [1.54, 1.807) is 39.4 Å². The second-order valence-electron chi connectivity index (χ2n) is 8.11. The van der Waals surface area contributed by atoms with Crippen molar-refractivity contribution in [3.05, 3.63) is 101 Å². The average molecular weight is 461 g/mol. The average Bonchev–Trinajstić information content (AvgIpc) is 3.32. The lowest BCUT2D eigenvalue weighted by molar-refractivity contribution is 0.301. The minimum Gasteiger partial charge on any atom is -0.487 e. The maximum atomic E-state index is 13.2. The van der Waals surface area contributed by atoms with Crippen LogP contribution in [0.2, 0.25) is 0 Å². The molecule has 3 aromatic carbocycles. The molecule has 5 rings (SSSR count). The molecule has 4 aromatic rings. The van der Waals surface area contributed by atoms with E-state index in [9.17, 15) is 8.42 Å². The summed E-state index contributed by atoms with van der Waals surface area (Å²) in [4.78, 5) is 0.272. The lowest BCUT2D eigenvalue weighted by Gasteiger charge is -2.28. The molecule has 0 saturated carbocycles. The fraction of sp³-hybridized carbons (Fsp3) is 0.200. The van der Waals surface area contributed by atoms with Crippen LogP contribution in [0.4, 0.5) is 0 Å². The van der Waals surface area contributed by atoms with Crippen molar-refractivity contribution in [2.45, 2.75) is 31.4 Å². The molecule has 168 valence electrons. The first-order valence-corrected chi connectivity index (χ1v) is 12.2. The van der Waals surface area contributed by atoms with Gasteiger partial charge in [-0.2, -0.15) is 4.31 Å². The summed E-state index contributed by atoms with van der Waals surface area (Å²) in [5, 5.41) is 8.30. The molecule has 0 radical (unpaired) electrons. The highest BCUT2D eigenvalue weighted by Gasteiger charge is 2.28. The van der Waals surface area contributed by atoms with E-state index in [0.717, 1.165) is 23.4 Å². The Morgan fingerprint density at radius 3 is 2.42 bits per heavy atom. The molecule has 0 atom stereocenters. The van der Waals surface area contributed by atoms with Gasteiger partial charge in [-0.3, -0.25) is 0 Å². The Morgan fingerprint density at radius 2 is 1.67 bits per heavy atom. The molecule has 0 bridgehead atoms. The van der Waals surface area contributed by atoms with Gasteiger partial charge in [0.2, 0.25) is 10.0 Å². The lowest BCUT2D eigenvalue weighted by Crippen LogP contribution is -2.35. The Hall–Kier alpha value is -3.49. The van der Waals surface area contributed by atoms with Crippen LogP contribution in [0.3, 0.4) is 0 Å². The third-order valence-corrected chi connectivity index (χ3v) is 7.64. The van der Waals surface area contributed by atoms with E-state index in [2.05, 4.69) is 16.4 Å². The van der Waals surface area contributed by atoms with Crippen LogP contribution >= 0.6 is 0 Å². The van der Waals surface area contributed by atoms with Crippen LogP contribution in [0, 0.1) is 6.92 Å². The molecule has 33 heavy (non-hydrogen) atoms. The first-order valence-electron chi connectivity index (χ1n) is 10.8. The van der Waals surface area contributed by atoms with Gasteiger partial charge < -0.3 is 4.74 Å². The van der Waals surface area contributed by atoms with Crippen molar-refractivity contribution >= 4 is 10.0 Å². The second kappa shape index (κ2) is 8.80. The van der Waals surface area contributed by atoms with Crippen molar-refractivity contribution in [1.82, 2.24) is 19.3 Å². The zero-order chi connectivity index (χ0) is 22.8. The summed E-state index contributed by atoms with van der Waals surface area (Å²) < 4.78 is 35.2. The van der Waals surface area contributed by atoms with E-state index in [1.807, 2.05) is 49.4 Å². The highest BCUT2D eigenvalue weighted by molar-refractivity contribution is 7.89. The van der Waals surface area contributed by atoms with Gasteiger partial charge in [0.1, 0.15) is 18.1 Å². The number of benzene rings is 3. The Labute approximate surface area is 193 Å². The number of hydrogen-bond acceptors (Lipinski definition) is 5. The number of hydrogen-bond donors (Lipinski definition) is 0. The zero-order valence-electron chi connectivity index (χ0n) is 18.3. The van der Waals surface area contributed by atoms with E-state index in [4.69, 9.17) is 4.74 Å². The van der Waals surface area contributed by atoms with Gasteiger partial charge in [0.05, 0.1) is 16.8 Å². The van der Waals surface area contributed by atoms with Crippen molar-refractivity contribution in [3.8, 4) is 11.4 Å². The van der Waals surface area contributed by atoms with Gasteiger partial charge in [-0.05, 0) is 60.9 Å². The minimum atomic E-state index is -3.57. The van der Waals surface area contributed by atoms with Gasteiger partial charge in [-0.15, -0.1) is 5.10 Å². The predicted molar refractivity (Wildman–Crippen MR) is 125 cm³/mol. The molecule has 0 saturated heterocycles. The fourth-order valence-corrected chi connectivity index (χ4v) is 5.30. The summed E-state index contributed by atoms with van der Waals surface area (Å²) in [5.74, 6) is 0.769. The number of nitrogens with zero attached hydrogens (tertiary/aromatic N) is 4. The first-order chi connectivity index (χ1) is 16.0. The molecule has 2 heterocycles. The number of aromatic nitrogens is 3. The number of fused-ring (bicyclic) bond motifs is 1. The second-order valence-corrected chi connectivity index (χ2v) is 10.0. The van der Waals surface area contributed by atoms with Crippen molar-refractivity contribution in [2.75, 3.05) is 6.54 Å². The van der Waals surface area contributed by atoms with E-state index >= 15 is 0 Å². The smallest absolute Gasteiger partial charge is 0.243 e. The highest BCUT2D eigenvalue weighted by atomic mass is 32.2. The maximum absolute atomic E-state index is 13.2. The van der Waals surface area contributed by atoms with E-state index in [1.165, 1.54) is 11.1 Å². The van der Waals surface area contributed by atoms with Gasteiger partial charge in [0.25, 0.3) is 0 Å². The lowest BCUT2D eigenvalue weighted by atomic mass is 10.0. The number of sulfonamides is 1. The first kappa shape index (κ1) is 21.4. The Bertz CT molecular complexity index is 1360. The number of aryl methyl sites for hydroxylation is 1. The highest BCUT2D eigenvalue weighted by Crippen LogP contribution is 2.25. The normalized spacial score (nSPS) is 14.1. The maximum Gasteiger partial charge on any atom is 0.243 e. The van der Waals surface area contributed by atoms with Crippen LogP contribution in [0.1, 0.15) is 22.4 Å². The molecule has 1 aliphatic heterocycles. The SMILES string of the molecule is Cc1ccc(OCc2cn(-c3ccc(S(=O)(=O)N4CCc5ccccc5C4)cc3)nn2)cc1. The molecule has 8 heteroatoms. The van der Waals surface area contributed by atoms with Crippen molar-refractivity contribution in [3.63, 3.8) is 0 Å². The standard InChI is InChI=1S/C25H24N4O3S/c1-19-6-10-24(11-7-19)32-18-22-17-29(27-26-22)23-8-12-25(13-9-23)33(30,31)28-15-14-20-4-2-3-5-21(20)16-28/h2-13,17H,14-16,18H2,1H3.